The van der Waals surface area contributed by atoms with Crippen LogP contribution in [0.2, 0.25) is 0 Å². The van der Waals surface area contributed by atoms with E-state index in [9.17, 15) is 19.7 Å². The number of esters is 1. The van der Waals surface area contributed by atoms with Crippen LogP contribution in [-0.4, -0.2) is 35.0 Å². The molecular formula is C16H15N3O6. The Balaban J connectivity index is 2.00. The average molecular weight is 345 g/mol. The van der Waals surface area contributed by atoms with E-state index in [-0.39, 0.29) is 17.1 Å². The Morgan fingerprint density at radius 3 is 2.72 bits per heavy atom. The number of nitrogens with one attached hydrogen (secondary N) is 1. The summed E-state index contributed by atoms with van der Waals surface area (Å²) in [5.74, 6) is -1.16. The van der Waals surface area contributed by atoms with Crippen molar-refractivity contribution in [2.45, 2.75) is 6.92 Å². The third-order valence-electron chi connectivity index (χ3n) is 2.96. The second-order valence-electron chi connectivity index (χ2n) is 4.71. The Labute approximate surface area is 142 Å². The highest BCUT2D eigenvalue weighted by Crippen LogP contribution is 2.29. The first-order valence-corrected chi connectivity index (χ1v) is 7.30. The lowest BCUT2D eigenvalue weighted by Gasteiger charge is -2.08. The number of nitro benzene ring substituents is 1. The van der Waals surface area contributed by atoms with Crippen molar-refractivity contribution in [3.63, 3.8) is 0 Å². The lowest BCUT2D eigenvalue weighted by Crippen LogP contribution is -2.21. The molecule has 9 nitrogen and oxygen atoms in total. The first kappa shape index (κ1) is 17.9. The molecule has 0 aliphatic rings. The van der Waals surface area contributed by atoms with E-state index in [2.05, 4.69) is 10.3 Å². The van der Waals surface area contributed by atoms with Crippen LogP contribution in [0.25, 0.3) is 0 Å². The maximum Gasteiger partial charge on any atom is 0.357 e. The van der Waals surface area contributed by atoms with E-state index in [1.807, 2.05) is 0 Å². The predicted octanol–water partition coefficient (Wildman–Crippen LogP) is 2.18. The number of hydrogen-bond acceptors (Lipinski definition) is 7. The van der Waals surface area contributed by atoms with Gasteiger partial charge in [0.15, 0.2) is 6.61 Å². The SMILES string of the molecule is CCOc1ccc(NC(=O)COC(=O)c2ccccn2)c([N+](=O)[O-])c1. The maximum atomic E-state index is 11.9. The number of carbonyl (C=O) groups is 2. The second-order valence-corrected chi connectivity index (χ2v) is 4.71. The van der Waals surface area contributed by atoms with Gasteiger partial charge in [0, 0.05) is 6.20 Å². The highest BCUT2D eigenvalue weighted by molar-refractivity contribution is 5.96. The standard InChI is InChI=1S/C16H15N3O6/c1-2-24-11-6-7-12(14(9-11)19(22)23)18-15(20)10-25-16(21)13-5-3-4-8-17-13/h3-9H,2,10H2,1H3,(H,18,20). The molecule has 0 aliphatic carbocycles. The molecule has 2 rings (SSSR count). The minimum atomic E-state index is -0.767. The number of ether oxygens (including phenoxy) is 2. The van der Waals surface area contributed by atoms with Crippen molar-refractivity contribution in [3.05, 3.63) is 58.4 Å². The number of nitrogens with zero attached hydrogens (tertiary/aromatic N) is 2. The van der Waals surface area contributed by atoms with Crippen LogP contribution < -0.4 is 10.1 Å². The first-order valence-electron chi connectivity index (χ1n) is 7.30. The largest absolute Gasteiger partial charge is 0.494 e. The Morgan fingerprint density at radius 2 is 2.08 bits per heavy atom. The number of benzene rings is 1. The summed E-state index contributed by atoms with van der Waals surface area (Å²) in [5, 5.41) is 13.5. The van der Waals surface area contributed by atoms with Gasteiger partial charge in [-0.05, 0) is 31.2 Å². The number of carbonyl (C=O) groups excluding carboxylic acids is 2. The molecule has 1 heterocycles. The number of pyridine rings is 1. The molecule has 1 aromatic heterocycles. The first-order chi connectivity index (χ1) is 12.0. The highest BCUT2D eigenvalue weighted by atomic mass is 16.6. The summed E-state index contributed by atoms with van der Waals surface area (Å²) in [4.78, 5) is 37.8. The van der Waals surface area contributed by atoms with Crippen molar-refractivity contribution in [1.82, 2.24) is 4.98 Å². The minimum Gasteiger partial charge on any atom is -0.494 e. The summed E-state index contributed by atoms with van der Waals surface area (Å²) in [6.45, 7) is 1.50. The van der Waals surface area contributed by atoms with E-state index in [1.54, 1.807) is 19.1 Å². The van der Waals surface area contributed by atoms with Gasteiger partial charge in [-0.1, -0.05) is 6.07 Å². The van der Waals surface area contributed by atoms with Gasteiger partial charge in [0.25, 0.3) is 11.6 Å². The van der Waals surface area contributed by atoms with E-state index in [0.29, 0.717) is 12.4 Å². The van der Waals surface area contributed by atoms with Crippen LogP contribution in [0.4, 0.5) is 11.4 Å². The number of rotatable bonds is 7. The molecule has 0 spiro atoms. The van der Waals surface area contributed by atoms with Crippen molar-refractivity contribution in [2.24, 2.45) is 0 Å². The van der Waals surface area contributed by atoms with Crippen LogP contribution >= 0.6 is 0 Å². The smallest absolute Gasteiger partial charge is 0.357 e. The van der Waals surface area contributed by atoms with Gasteiger partial charge in [0.2, 0.25) is 0 Å². The Bertz CT molecular complexity index is 779. The van der Waals surface area contributed by atoms with Crippen LogP contribution in [0.1, 0.15) is 17.4 Å². The van der Waals surface area contributed by atoms with Crippen LogP contribution in [0.15, 0.2) is 42.6 Å². The molecule has 1 N–H and O–H groups in total. The van der Waals surface area contributed by atoms with E-state index in [0.717, 1.165) is 0 Å². The number of nitro groups is 1. The third kappa shape index (κ3) is 4.99. The van der Waals surface area contributed by atoms with Crippen molar-refractivity contribution < 1.29 is 24.0 Å². The van der Waals surface area contributed by atoms with E-state index >= 15 is 0 Å². The summed E-state index contributed by atoms with van der Waals surface area (Å²) in [6, 6.07) is 8.73. The van der Waals surface area contributed by atoms with E-state index in [1.165, 1.54) is 30.5 Å². The zero-order chi connectivity index (χ0) is 18.2. The molecule has 0 radical (unpaired) electrons. The fourth-order valence-electron chi connectivity index (χ4n) is 1.90. The molecule has 130 valence electrons. The summed E-state index contributed by atoms with van der Waals surface area (Å²) in [7, 11) is 0. The second kappa shape index (κ2) is 8.39. The Morgan fingerprint density at radius 1 is 1.28 bits per heavy atom. The Hall–Kier alpha value is -3.49. The quantitative estimate of drug-likeness (QED) is 0.464. The summed E-state index contributed by atoms with van der Waals surface area (Å²) in [6.07, 6.45) is 1.42. The zero-order valence-electron chi connectivity index (χ0n) is 13.3. The molecule has 9 heteroatoms. The number of anilines is 1. The van der Waals surface area contributed by atoms with Crippen molar-refractivity contribution >= 4 is 23.3 Å². The third-order valence-corrected chi connectivity index (χ3v) is 2.96. The summed E-state index contributed by atoms with van der Waals surface area (Å²) >= 11 is 0. The molecule has 1 amide bonds. The van der Waals surface area contributed by atoms with Gasteiger partial charge in [-0.3, -0.25) is 14.9 Å². The lowest BCUT2D eigenvalue weighted by molar-refractivity contribution is -0.384. The molecule has 25 heavy (non-hydrogen) atoms. The van der Waals surface area contributed by atoms with Gasteiger partial charge >= 0.3 is 5.97 Å². The summed E-state index contributed by atoms with van der Waals surface area (Å²) < 4.78 is 10.0. The molecule has 0 aliphatic heterocycles. The monoisotopic (exact) mass is 345 g/mol. The van der Waals surface area contributed by atoms with E-state index in [4.69, 9.17) is 9.47 Å². The van der Waals surface area contributed by atoms with Crippen molar-refractivity contribution in [1.29, 1.82) is 0 Å². The topological polar surface area (TPSA) is 121 Å². The average Bonchev–Trinajstić information content (AvgIpc) is 2.61. The number of aromatic nitrogens is 1. The van der Waals surface area contributed by atoms with Crippen molar-refractivity contribution in [2.75, 3.05) is 18.5 Å². The van der Waals surface area contributed by atoms with E-state index < -0.39 is 23.4 Å². The highest BCUT2D eigenvalue weighted by Gasteiger charge is 2.18. The van der Waals surface area contributed by atoms with Crippen LogP contribution in [0, 0.1) is 10.1 Å². The molecule has 0 unspecified atom stereocenters. The summed E-state index contributed by atoms with van der Waals surface area (Å²) in [5.41, 5.74) is -0.287. The van der Waals surface area contributed by atoms with Gasteiger partial charge in [-0.15, -0.1) is 0 Å². The fourth-order valence-corrected chi connectivity index (χ4v) is 1.90. The van der Waals surface area contributed by atoms with Gasteiger partial charge in [0.05, 0.1) is 17.6 Å². The van der Waals surface area contributed by atoms with Gasteiger partial charge in [-0.25, -0.2) is 9.78 Å². The molecule has 1 aromatic carbocycles. The number of hydrogen-bond donors (Lipinski definition) is 1. The minimum absolute atomic E-state index is 0.0210. The molecule has 0 fully saturated rings. The number of amides is 1. The zero-order valence-corrected chi connectivity index (χ0v) is 13.3. The van der Waals surface area contributed by atoms with Crippen LogP contribution in [0.3, 0.4) is 0 Å². The van der Waals surface area contributed by atoms with Gasteiger partial charge < -0.3 is 14.8 Å². The molecule has 0 bridgehead atoms. The molecule has 2 aromatic rings. The predicted molar refractivity (Wildman–Crippen MR) is 87.4 cm³/mol. The normalized spacial score (nSPS) is 9.96. The van der Waals surface area contributed by atoms with Gasteiger partial charge in [0.1, 0.15) is 17.1 Å². The molecule has 0 saturated carbocycles. The van der Waals surface area contributed by atoms with Crippen LogP contribution in [0.5, 0.6) is 5.75 Å². The Kier molecular flexibility index (Phi) is 5.99. The van der Waals surface area contributed by atoms with Crippen molar-refractivity contribution in [3.8, 4) is 5.75 Å². The maximum absolute atomic E-state index is 11.9. The molecule has 0 saturated heterocycles. The molecule has 0 atom stereocenters. The van der Waals surface area contributed by atoms with Gasteiger partial charge in [-0.2, -0.15) is 0 Å². The fraction of sp³-hybridized carbons (Fsp3) is 0.188. The molecular weight excluding hydrogens is 330 g/mol. The lowest BCUT2D eigenvalue weighted by atomic mass is 10.2. The van der Waals surface area contributed by atoms with Crippen LogP contribution in [-0.2, 0) is 9.53 Å².